The first-order valence-corrected chi connectivity index (χ1v) is 5.31. The Kier molecular flexibility index (Phi) is 4.43. The van der Waals surface area contributed by atoms with Crippen LogP contribution in [0, 0.1) is 0 Å². The molecule has 4 nitrogen and oxygen atoms in total. The largest absolute Gasteiger partial charge is 0.461 e. The lowest BCUT2D eigenvalue weighted by atomic mass is 10.1. The Labute approximate surface area is 96.0 Å². The molecular weight excluding hydrogens is 204 g/mol. The Balaban J connectivity index is 2.27. The van der Waals surface area contributed by atoms with Gasteiger partial charge in [0.2, 0.25) is 0 Å². The molecule has 0 amide bonds. The Morgan fingerprint density at radius 3 is 2.81 bits per heavy atom. The molecule has 0 atom stereocenters. The lowest BCUT2D eigenvalue weighted by Gasteiger charge is -2.20. The molecule has 1 heterocycles. The lowest BCUT2D eigenvalue weighted by Crippen LogP contribution is -2.38. The van der Waals surface area contributed by atoms with E-state index < -0.39 is 0 Å². The SMILES string of the molecule is CC(C)(C)NCCOC(=O)c1cccnc1. The second-order valence-corrected chi connectivity index (χ2v) is 4.55. The van der Waals surface area contributed by atoms with Gasteiger partial charge in [-0.2, -0.15) is 0 Å². The smallest absolute Gasteiger partial charge is 0.339 e. The van der Waals surface area contributed by atoms with Crippen LogP contribution >= 0.6 is 0 Å². The first-order valence-electron chi connectivity index (χ1n) is 5.31. The molecule has 0 aromatic carbocycles. The van der Waals surface area contributed by atoms with Gasteiger partial charge < -0.3 is 10.1 Å². The number of hydrogen-bond acceptors (Lipinski definition) is 4. The number of esters is 1. The normalized spacial score (nSPS) is 11.2. The van der Waals surface area contributed by atoms with Crippen molar-refractivity contribution in [3.63, 3.8) is 0 Å². The fraction of sp³-hybridized carbons (Fsp3) is 0.500. The molecule has 0 spiro atoms. The second-order valence-electron chi connectivity index (χ2n) is 4.55. The minimum Gasteiger partial charge on any atom is -0.461 e. The molecule has 0 saturated carbocycles. The summed E-state index contributed by atoms with van der Waals surface area (Å²) in [7, 11) is 0. The van der Waals surface area contributed by atoms with Crippen LogP contribution in [0.4, 0.5) is 0 Å². The van der Waals surface area contributed by atoms with Crippen LogP contribution < -0.4 is 5.32 Å². The predicted octanol–water partition coefficient (Wildman–Crippen LogP) is 1.63. The standard InChI is InChI=1S/C12H18N2O2/c1-12(2,3)14-7-8-16-11(15)10-5-4-6-13-9-10/h4-6,9,14H,7-8H2,1-3H3. The number of hydrogen-bond donors (Lipinski definition) is 1. The van der Waals surface area contributed by atoms with E-state index in [0.717, 1.165) is 0 Å². The van der Waals surface area contributed by atoms with Gasteiger partial charge in [0, 0.05) is 24.5 Å². The molecule has 0 fully saturated rings. The van der Waals surface area contributed by atoms with Crippen LogP contribution in [-0.4, -0.2) is 29.6 Å². The molecule has 1 rings (SSSR count). The Hall–Kier alpha value is -1.42. The van der Waals surface area contributed by atoms with Crippen LogP contribution in [0.2, 0.25) is 0 Å². The van der Waals surface area contributed by atoms with Crippen LogP contribution in [-0.2, 0) is 4.74 Å². The van der Waals surface area contributed by atoms with Crippen molar-refractivity contribution in [3.8, 4) is 0 Å². The van der Waals surface area contributed by atoms with Crippen molar-refractivity contribution < 1.29 is 9.53 Å². The zero-order chi connectivity index (χ0) is 12.0. The topological polar surface area (TPSA) is 51.2 Å². The van der Waals surface area contributed by atoms with Gasteiger partial charge in [-0.3, -0.25) is 4.98 Å². The maximum atomic E-state index is 11.5. The van der Waals surface area contributed by atoms with Gasteiger partial charge in [0.05, 0.1) is 5.56 Å². The van der Waals surface area contributed by atoms with Crippen molar-refractivity contribution in [1.29, 1.82) is 0 Å². The van der Waals surface area contributed by atoms with Crippen molar-refractivity contribution in [3.05, 3.63) is 30.1 Å². The van der Waals surface area contributed by atoms with Crippen molar-refractivity contribution in [2.75, 3.05) is 13.2 Å². The number of carbonyl (C=O) groups is 1. The summed E-state index contributed by atoms with van der Waals surface area (Å²) in [5, 5.41) is 3.24. The highest BCUT2D eigenvalue weighted by Gasteiger charge is 2.09. The number of rotatable bonds is 4. The molecule has 1 N–H and O–H groups in total. The molecule has 0 aliphatic rings. The number of nitrogens with zero attached hydrogens (tertiary/aromatic N) is 1. The fourth-order valence-electron chi connectivity index (χ4n) is 1.14. The quantitative estimate of drug-likeness (QED) is 0.621. The first-order chi connectivity index (χ1) is 7.49. The average molecular weight is 222 g/mol. The number of pyridine rings is 1. The van der Waals surface area contributed by atoms with Crippen LogP contribution in [0.1, 0.15) is 31.1 Å². The van der Waals surface area contributed by atoms with Gasteiger partial charge in [-0.1, -0.05) is 0 Å². The second kappa shape index (κ2) is 5.61. The Morgan fingerprint density at radius 2 is 2.25 bits per heavy atom. The molecule has 88 valence electrons. The number of aromatic nitrogens is 1. The number of ether oxygens (including phenoxy) is 1. The predicted molar refractivity (Wildman–Crippen MR) is 62.3 cm³/mol. The van der Waals surface area contributed by atoms with Gasteiger partial charge >= 0.3 is 5.97 Å². The monoisotopic (exact) mass is 222 g/mol. The van der Waals surface area contributed by atoms with Crippen molar-refractivity contribution >= 4 is 5.97 Å². The highest BCUT2D eigenvalue weighted by Crippen LogP contribution is 1.99. The van der Waals surface area contributed by atoms with E-state index in [2.05, 4.69) is 31.1 Å². The molecule has 0 aliphatic carbocycles. The zero-order valence-corrected chi connectivity index (χ0v) is 9.99. The highest BCUT2D eigenvalue weighted by atomic mass is 16.5. The molecule has 0 radical (unpaired) electrons. The van der Waals surface area contributed by atoms with Crippen molar-refractivity contribution in [2.45, 2.75) is 26.3 Å². The fourth-order valence-corrected chi connectivity index (χ4v) is 1.14. The molecule has 0 saturated heterocycles. The molecule has 1 aromatic heterocycles. The number of nitrogens with one attached hydrogen (secondary N) is 1. The molecule has 4 heteroatoms. The summed E-state index contributed by atoms with van der Waals surface area (Å²) >= 11 is 0. The maximum absolute atomic E-state index is 11.5. The van der Waals surface area contributed by atoms with Gasteiger partial charge in [0.15, 0.2) is 0 Å². The van der Waals surface area contributed by atoms with Crippen molar-refractivity contribution in [1.82, 2.24) is 10.3 Å². The van der Waals surface area contributed by atoms with Gasteiger partial charge in [-0.15, -0.1) is 0 Å². The molecule has 0 aliphatic heterocycles. The van der Waals surface area contributed by atoms with E-state index in [0.29, 0.717) is 18.7 Å². The van der Waals surface area contributed by atoms with Crippen molar-refractivity contribution in [2.24, 2.45) is 0 Å². The van der Waals surface area contributed by atoms with Crippen LogP contribution in [0.3, 0.4) is 0 Å². The minimum absolute atomic E-state index is 0.0424. The summed E-state index contributed by atoms with van der Waals surface area (Å²) < 4.78 is 5.08. The van der Waals surface area contributed by atoms with E-state index in [4.69, 9.17) is 4.74 Å². The molecule has 16 heavy (non-hydrogen) atoms. The van der Waals surface area contributed by atoms with E-state index >= 15 is 0 Å². The summed E-state index contributed by atoms with van der Waals surface area (Å²) in [6.45, 7) is 7.21. The first kappa shape index (κ1) is 12.6. The van der Waals surface area contributed by atoms with Gasteiger partial charge in [-0.25, -0.2) is 4.79 Å². The van der Waals surface area contributed by atoms with E-state index in [1.807, 2.05) is 0 Å². The van der Waals surface area contributed by atoms with E-state index in [-0.39, 0.29) is 11.5 Å². The van der Waals surface area contributed by atoms with Gasteiger partial charge in [0.1, 0.15) is 6.61 Å². The molecule has 0 unspecified atom stereocenters. The van der Waals surface area contributed by atoms with Crippen LogP contribution in [0.15, 0.2) is 24.5 Å². The molecular formula is C12H18N2O2. The minimum atomic E-state index is -0.330. The van der Waals surface area contributed by atoms with Gasteiger partial charge in [-0.05, 0) is 32.9 Å². The zero-order valence-electron chi connectivity index (χ0n) is 9.99. The number of carbonyl (C=O) groups excluding carboxylic acids is 1. The van der Waals surface area contributed by atoms with E-state index in [1.165, 1.54) is 6.20 Å². The summed E-state index contributed by atoms with van der Waals surface area (Å²) in [5.41, 5.74) is 0.527. The molecule has 0 bridgehead atoms. The third kappa shape index (κ3) is 4.89. The maximum Gasteiger partial charge on any atom is 0.339 e. The summed E-state index contributed by atoms with van der Waals surface area (Å²) in [6.07, 6.45) is 3.12. The summed E-state index contributed by atoms with van der Waals surface area (Å²) in [5.74, 6) is -0.330. The average Bonchev–Trinajstić information content (AvgIpc) is 2.24. The van der Waals surface area contributed by atoms with Crippen LogP contribution in [0.25, 0.3) is 0 Å². The lowest BCUT2D eigenvalue weighted by molar-refractivity contribution is 0.0501. The third-order valence-electron chi connectivity index (χ3n) is 1.89. The van der Waals surface area contributed by atoms with E-state index in [9.17, 15) is 4.79 Å². The van der Waals surface area contributed by atoms with Crippen LogP contribution in [0.5, 0.6) is 0 Å². The highest BCUT2D eigenvalue weighted by molar-refractivity contribution is 5.88. The Bertz CT molecular complexity index is 331. The molecule has 1 aromatic rings. The third-order valence-corrected chi connectivity index (χ3v) is 1.89. The Morgan fingerprint density at radius 1 is 1.50 bits per heavy atom. The summed E-state index contributed by atoms with van der Waals surface area (Å²) in [4.78, 5) is 15.3. The summed E-state index contributed by atoms with van der Waals surface area (Å²) in [6, 6.07) is 3.40. The van der Waals surface area contributed by atoms with E-state index in [1.54, 1.807) is 18.3 Å². The van der Waals surface area contributed by atoms with Gasteiger partial charge in [0.25, 0.3) is 0 Å².